The fraction of sp³-hybridized carbons (Fsp3) is 0.0588. The van der Waals surface area contributed by atoms with Gasteiger partial charge in [0, 0.05) is 63.5 Å². The summed E-state index contributed by atoms with van der Waals surface area (Å²) in [6.45, 7) is 5.10. The lowest BCUT2D eigenvalue weighted by atomic mass is 9.36. The molecule has 0 saturated carbocycles. The predicted molar refractivity (Wildman–Crippen MR) is 238 cm³/mol. The second kappa shape index (κ2) is 11.1. The Labute approximate surface area is 333 Å². The molecule has 8 aromatic carbocycles. The molecule has 2 nitrogen and oxygen atoms in total. The smallest absolute Gasteiger partial charge is 0.247 e. The van der Waals surface area contributed by atoms with Crippen LogP contribution in [-0.4, -0.2) is 15.8 Å². The molecule has 2 aromatic heterocycles. The van der Waals surface area contributed by atoms with Crippen molar-refractivity contribution in [2.45, 2.75) is 38.8 Å². The standard InChI is InChI=1S/C51H33BN2S2/c1-51(2)35-21-9-6-18-32(35)44-47(51)45-33-19-7-12-24-38(33)53(30-16-4-3-5-17-30)50(45)46-34-20-8-13-25-39(34)54(49(44)46)31-28-42-48-43(29-31)56-41-27-15-11-23-37(41)52(48)36-22-10-14-26-40(36)55-42/h3-29H,1-2H3. The summed E-state index contributed by atoms with van der Waals surface area (Å²) in [5.41, 5.74) is 17.0. The van der Waals surface area contributed by atoms with E-state index in [4.69, 9.17) is 0 Å². The van der Waals surface area contributed by atoms with E-state index in [0.29, 0.717) is 0 Å². The molecule has 0 spiro atoms. The second-order valence-electron chi connectivity index (χ2n) is 16.0. The van der Waals surface area contributed by atoms with Crippen molar-refractivity contribution < 1.29 is 0 Å². The highest BCUT2D eigenvalue weighted by Crippen LogP contribution is 2.58. The highest BCUT2D eigenvalue weighted by molar-refractivity contribution is 8.01. The average molecular weight is 749 g/mol. The molecule has 0 N–H and O–H groups in total. The van der Waals surface area contributed by atoms with Gasteiger partial charge in [0.05, 0.1) is 22.1 Å². The van der Waals surface area contributed by atoms with E-state index in [1.54, 1.807) is 0 Å². The fourth-order valence-electron chi connectivity index (χ4n) is 10.6. The first-order valence-electron chi connectivity index (χ1n) is 19.5. The molecule has 0 atom stereocenters. The number of nitrogens with zero attached hydrogens (tertiary/aromatic N) is 2. The van der Waals surface area contributed by atoms with Crippen LogP contribution in [0.2, 0.25) is 0 Å². The summed E-state index contributed by atoms with van der Waals surface area (Å²) in [5.74, 6) is 0. The molecule has 3 aliphatic rings. The van der Waals surface area contributed by atoms with Gasteiger partial charge in [0.2, 0.25) is 6.71 Å². The van der Waals surface area contributed by atoms with Crippen LogP contribution in [0.4, 0.5) is 0 Å². The van der Waals surface area contributed by atoms with Gasteiger partial charge in [-0.3, -0.25) is 0 Å². The summed E-state index contributed by atoms with van der Waals surface area (Å²) in [6, 6.07) is 61.5. The van der Waals surface area contributed by atoms with Crippen molar-refractivity contribution in [1.29, 1.82) is 0 Å². The Kier molecular flexibility index (Phi) is 6.23. The van der Waals surface area contributed by atoms with Crippen LogP contribution in [-0.2, 0) is 5.41 Å². The number of aromatic nitrogens is 2. The fourth-order valence-corrected chi connectivity index (χ4v) is 13.1. The van der Waals surface area contributed by atoms with Gasteiger partial charge < -0.3 is 9.13 Å². The van der Waals surface area contributed by atoms with Gasteiger partial charge in [0.1, 0.15) is 0 Å². The van der Waals surface area contributed by atoms with E-state index in [0.717, 1.165) is 0 Å². The zero-order valence-electron chi connectivity index (χ0n) is 30.9. The van der Waals surface area contributed by atoms with Gasteiger partial charge >= 0.3 is 0 Å². The lowest BCUT2D eigenvalue weighted by molar-refractivity contribution is 0.667. The zero-order chi connectivity index (χ0) is 36.9. The minimum Gasteiger partial charge on any atom is -0.309 e. The minimum absolute atomic E-state index is 0.222. The minimum atomic E-state index is -0.223. The summed E-state index contributed by atoms with van der Waals surface area (Å²) >= 11 is 3.87. The molecular formula is C51H33BN2S2. The Morgan fingerprint density at radius 3 is 1.70 bits per heavy atom. The van der Waals surface area contributed by atoms with E-state index >= 15 is 0 Å². The summed E-state index contributed by atoms with van der Waals surface area (Å²) in [7, 11) is 0. The van der Waals surface area contributed by atoms with Crippen LogP contribution < -0.4 is 16.4 Å². The molecule has 1 aliphatic carbocycles. The van der Waals surface area contributed by atoms with Crippen molar-refractivity contribution in [2.24, 2.45) is 0 Å². The second-order valence-corrected chi connectivity index (χ2v) is 18.1. The molecule has 2 aliphatic heterocycles. The largest absolute Gasteiger partial charge is 0.309 e. The summed E-state index contributed by atoms with van der Waals surface area (Å²) in [5, 5.41) is 5.25. The van der Waals surface area contributed by atoms with E-state index in [1.165, 1.54) is 113 Å². The maximum absolute atomic E-state index is 2.63. The SMILES string of the molecule is CC1(C)c2ccccc2-c2c1c1c3ccccc3n(-c3ccccc3)c1c1c3ccccc3n(-c3cc4c5c(c3)Sc3ccccc3B5c3ccccc3S4)c21. The van der Waals surface area contributed by atoms with Crippen LogP contribution in [0.1, 0.15) is 25.0 Å². The molecule has 0 amide bonds. The van der Waals surface area contributed by atoms with Gasteiger partial charge in [-0.1, -0.05) is 164 Å². The van der Waals surface area contributed by atoms with Gasteiger partial charge in [0.15, 0.2) is 0 Å². The molecule has 13 rings (SSSR count). The molecule has 0 radical (unpaired) electrons. The van der Waals surface area contributed by atoms with Crippen molar-refractivity contribution in [3.05, 3.63) is 175 Å². The third-order valence-electron chi connectivity index (χ3n) is 12.8. The molecule has 0 bridgehead atoms. The summed E-state index contributed by atoms with van der Waals surface area (Å²) in [6.07, 6.45) is 0. The molecule has 10 aromatic rings. The number of hydrogen-bond acceptors (Lipinski definition) is 2. The summed E-state index contributed by atoms with van der Waals surface area (Å²) < 4.78 is 5.17. The van der Waals surface area contributed by atoms with Crippen LogP contribution in [0.25, 0.3) is 66.1 Å². The first kappa shape index (κ1) is 31.3. The number of benzene rings is 8. The van der Waals surface area contributed by atoms with Crippen LogP contribution in [0, 0.1) is 0 Å². The lowest BCUT2D eigenvalue weighted by Crippen LogP contribution is -2.58. The summed E-state index contributed by atoms with van der Waals surface area (Å²) in [4.78, 5) is 5.40. The highest BCUT2D eigenvalue weighted by atomic mass is 32.2. The molecule has 4 heterocycles. The van der Waals surface area contributed by atoms with E-state index in [2.05, 4.69) is 187 Å². The quantitative estimate of drug-likeness (QED) is 0.163. The van der Waals surface area contributed by atoms with E-state index in [1.807, 2.05) is 23.5 Å². The van der Waals surface area contributed by atoms with E-state index < -0.39 is 0 Å². The van der Waals surface area contributed by atoms with E-state index in [9.17, 15) is 0 Å². The van der Waals surface area contributed by atoms with Gasteiger partial charge in [-0.25, -0.2) is 0 Å². The Morgan fingerprint density at radius 1 is 0.482 bits per heavy atom. The Hall–Kier alpha value is -5.88. The van der Waals surface area contributed by atoms with Gasteiger partial charge in [-0.2, -0.15) is 0 Å². The number of rotatable bonds is 2. The molecular weight excluding hydrogens is 716 g/mol. The van der Waals surface area contributed by atoms with Crippen molar-refractivity contribution in [2.75, 3.05) is 0 Å². The first-order chi connectivity index (χ1) is 27.6. The Balaban J connectivity index is 1.24. The van der Waals surface area contributed by atoms with Crippen molar-refractivity contribution in [3.63, 3.8) is 0 Å². The van der Waals surface area contributed by atoms with Crippen LogP contribution in [0.15, 0.2) is 183 Å². The highest BCUT2D eigenvalue weighted by Gasteiger charge is 2.42. The van der Waals surface area contributed by atoms with Crippen LogP contribution in [0.3, 0.4) is 0 Å². The van der Waals surface area contributed by atoms with E-state index in [-0.39, 0.29) is 12.1 Å². The first-order valence-corrected chi connectivity index (χ1v) is 21.1. The topological polar surface area (TPSA) is 9.86 Å². The van der Waals surface area contributed by atoms with Gasteiger partial charge in [-0.05, 0) is 70.7 Å². The molecule has 56 heavy (non-hydrogen) atoms. The molecule has 0 unspecified atom stereocenters. The van der Waals surface area contributed by atoms with Crippen LogP contribution in [0.5, 0.6) is 0 Å². The lowest BCUT2D eigenvalue weighted by Gasteiger charge is -2.33. The average Bonchev–Trinajstić information content (AvgIpc) is 3.84. The molecule has 5 heteroatoms. The Bertz CT molecular complexity index is 3280. The normalized spacial score (nSPS) is 14.6. The Morgan fingerprint density at radius 2 is 1.02 bits per heavy atom. The molecule has 0 saturated heterocycles. The van der Waals surface area contributed by atoms with Crippen LogP contribution >= 0.6 is 23.5 Å². The maximum atomic E-state index is 2.63. The molecule has 262 valence electrons. The van der Waals surface area contributed by atoms with Crippen molar-refractivity contribution in [1.82, 2.24) is 9.13 Å². The number of para-hydroxylation sites is 3. The maximum Gasteiger partial charge on any atom is 0.247 e. The zero-order valence-corrected chi connectivity index (χ0v) is 32.5. The van der Waals surface area contributed by atoms with Gasteiger partial charge in [-0.15, -0.1) is 0 Å². The molecule has 0 fully saturated rings. The van der Waals surface area contributed by atoms with Crippen molar-refractivity contribution in [3.8, 4) is 22.5 Å². The third-order valence-corrected chi connectivity index (χ3v) is 15.1. The number of fused-ring (bicyclic) bond motifs is 16. The predicted octanol–water partition coefficient (Wildman–Crippen LogP) is 11.6. The van der Waals surface area contributed by atoms with Crippen molar-refractivity contribution >= 4 is 90.2 Å². The van der Waals surface area contributed by atoms with Gasteiger partial charge in [0.25, 0.3) is 0 Å². The third kappa shape index (κ3) is 3.92. The monoisotopic (exact) mass is 748 g/mol. The number of hydrogen-bond donors (Lipinski definition) is 0.